The second-order valence-electron chi connectivity index (χ2n) is 14.9. The maximum atomic E-state index is 13.7. The van der Waals surface area contributed by atoms with Gasteiger partial charge >= 0.3 is 5.97 Å². The number of carbonyl (C=O) groups is 1. The molecule has 3 rings (SSSR count). The summed E-state index contributed by atoms with van der Waals surface area (Å²) in [6.07, 6.45) is -5.14. The number of oxime groups is 1. The largest absolute Gasteiger partial charge is 0.459 e. The van der Waals surface area contributed by atoms with Crippen LogP contribution >= 0.6 is 0 Å². The van der Waals surface area contributed by atoms with Crippen molar-refractivity contribution in [3.05, 3.63) is 12.2 Å². The molecular formula is C35H62N2O11. The Morgan fingerprint density at radius 3 is 2.33 bits per heavy atom. The lowest BCUT2D eigenvalue weighted by Gasteiger charge is -2.48. The van der Waals surface area contributed by atoms with Gasteiger partial charge in [0, 0.05) is 30.9 Å². The van der Waals surface area contributed by atoms with Crippen LogP contribution < -0.4 is 0 Å². The van der Waals surface area contributed by atoms with Crippen molar-refractivity contribution in [1.82, 2.24) is 4.90 Å². The Balaban J connectivity index is 2.26. The van der Waals surface area contributed by atoms with Gasteiger partial charge < -0.3 is 53.5 Å². The summed E-state index contributed by atoms with van der Waals surface area (Å²) in [5.41, 5.74) is -1.67. The number of carbonyl (C=O) groups excluding carboxylic acids is 1. The van der Waals surface area contributed by atoms with Gasteiger partial charge in [-0.25, -0.2) is 0 Å². The molecule has 3 aliphatic rings. The highest BCUT2D eigenvalue weighted by Crippen LogP contribution is 2.41. The summed E-state index contributed by atoms with van der Waals surface area (Å²) in [5.74, 6) is -3.29. The average molecular weight is 687 g/mol. The van der Waals surface area contributed by atoms with Gasteiger partial charge in [0.1, 0.15) is 17.8 Å². The molecule has 0 saturated carbocycles. The van der Waals surface area contributed by atoms with Crippen LogP contribution in [0.4, 0.5) is 0 Å². The maximum absolute atomic E-state index is 13.7. The van der Waals surface area contributed by atoms with Gasteiger partial charge in [-0.3, -0.25) is 4.79 Å². The molecule has 0 aliphatic carbocycles. The molecule has 0 unspecified atom stereocenters. The molecule has 0 aromatic rings. The quantitative estimate of drug-likeness (QED) is 0.118. The van der Waals surface area contributed by atoms with E-state index in [1.54, 1.807) is 20.8 Å². The second-order valence-corrected chi connectivity index (χ2v) is 14.9. The highest BCUT2D eigenvalue weighted by molar-refractivity contribution is 5.89. The van der Waals surface area contributed by atoms with Crippen LogP contribution in [0.1, 0.15) is 74.7 Å². The fourth-order valence-electron chi connectivity index (χ4n) is 7.68. The standard InChI is InChI=1S/C35H62N2O11/c1-13-26-35(9,41)31-22(5)27(36-45-18-42-12)20(3)15-34(8,44-17-19(2)16-43-31)30(23(6)28(38)24(7)32(40)47-26)48-33-29(39)25(37(10)11)14-21(4)46-33/h20-26,28-31,33,38-39,41H,2,13-18H2,1,3-12H3/b36-27+/t20-,21-,22-,23+,24-,25+,26+,28+,29-,30-,31+,33+,34-,35-/m1/s1. The molecule has 13 nitrogen and oxygen atoms in total. The van der Waals surface area contributed by atoms with E-state index in [0.717, 1.165) is 0 Å². The molecule has 3 aliphatic heterocycles. The number of aliphatic hydroxyl groups excluding tert-OH is 2. The minimum absolute atomic E-state index is 0.0405. The zero-order valence-electron chi connectivity index (χ0n) is 30.9. The first-order valence-electron chi connectivity index (χ1n) is 17.3. The van der Waals surface area contributed by atoms with E-state index in [1.165, 1.54) is 7.11 Å². The fourth-order valence-corrected chi connectivity index (χ4v) is 7.68. The molecule has 2 bridgehead atoms. The van der Waals surface area contributed by atoms with E-state index >= 15 is 0 Å². The predicted molar refractivity (Wildman–Crippen MR) is 179 cm³/mol. The van der Waals surface area contributed by atoms with E-state index in [-0.39, 0.29) is 44.5 Å². The van der Waals surface area contributed by atoms with Crippen molar-refractivity contribution in [2.24, 2.45) is 28.8 Å². The van der Waals surface area contributed by atoms with E-state index in [9.17, 15) is 20.1 Å². The maximum Gasteiger partial charge on any atom is 0.311 e. The third-order valence-corrected chi connectivity index (χ3v) is 10.5. The van der Waals surface area contributed by atoms with Gasteiger partial charge in [-0.05, 0) is 66.6 Å². The van der Waals surface area contributed by atoms with Crippen molar-refractivity contribution in [2.45, 2.75) is 135 Å². The Bertz CT molecular complexity index is 1100. The first kappa shape index (κ1) is 40.7. The van der Waals surface area contributed by atoms with Crippen molar-refractivity contribution >= 4 is 11.7 Å². The third-order valence-electron chi connectivity index (χ3n) is 10.5. The number of esters is 1. The van der Waals surface area contributed by atoms with Crippen LogP contribution in [0.5, 0.6) is 0 Å². The van der Waals surface area contributed by atoms with Gasteiger partial charge in [-0.2, -0.15) is 0 Å². The third kappa shape index (κ3) is 9.15. The molecule has 3 fully saturated rings. The molecule has 3 N–H and O–H groups in total. The Morgan fingerprint density at radius 1 is 1.06 bits per heavy atom. The summed E-state index contributed by atoms with van der Waals surface area (Å²) in [6.45, 7) is 18.7. The molecule has 0 radical (unpaired) electrons. The first-order valence-corrected chi connectivity index (χ1v) is 17.3. The number of rotatable bonds is 7. The number of fused-ring (bicyclic) bond motifs is 5. The second kappa shape index (κ2) is 17.0. The van der Waals surface area contributed by atoms with Crippen LogP contribution in [0, 0.1) is 23.7 Å². The Hall–Kier alpha value is -1.68. The van der Waals surface area contributed by atoms with Gasteiger partial charge in [0.25, 0.3) is 0 Å². The molecule has 3 saturated heterocycles. The summed E-state index contributed by atoms with van der Waals surface area (Å²) in [4.78, 5) is 21.2. The molecule has 13 heteroatoms. The van der Waals surface area contributed by atoms with Crippen molar-refractivity contribution < 1.29 is 53.4 Å². The fraction of sp³-hybridized carbons (Fsp3) is 0.886. The van der Waals surface area contributed by atoms with Gasteiger partial charge in [0.15, 0.2) is 6.29 Å². The molecule has 0 amide bonds. The van der Waals surface area contributed by atoms with E-state index in [1.807, 2.05) is 53.6 Å². The number of methoxy groups -OCH3 is 1. The van der Waals surface area contributed by atoms with Crippen LogP contribution in [0.3, 0.4) is 0 Å². The molecular weight excluding hydrogens is 624 g/mol. The Kier molecular flexibility index (Phi) is 14.4. The van der Waals surface area contributed by atoms with E-state index < -0.39 is 71.7 Å². The van der Waals surface area contributed by atoms with Crippen molar-refractivity contribution in [2.75, 3.05) is 41.2 Å². The minimum atomic E-state index is -1.68. The zero-order valence-corrected chi connectivity index (χ0v) is 30.9. The summed E-state index contributed by atoms with van der Waals surface area (Å²) < 4.78 is 37.2. The van der Waals surface area contributed by atoms with Gasteiger partial charge in [0.05, 0.1) is 54.9 Å². The highest BCUT2D eigenvalue weighted by Gasteiger charge is 2.53. The number of cyclic esters (lactones) is 1. The first-order chi connectivity index (χ1) is 22.4. The van der Waals surface area contributed by atoms with Crippen LogP contribution in [0.25, 0.3) is 0 Å². The molecule has 0 aromatic carbocycles. The van der Waals surface area contributed by atoms with Gasteiger partial charge in [0.2, 0.25) is 6.79 Å². The SMILES string of the molecule is C=C1CO[C@H]2[C@H](C)/C(=N/OCOC)[C@H](C)C[C@@](C)(OC1)[C@H](O[C@@H]1O[C@H](C)C[C@H](N(C)C)[C@H]1O)[C@@H](C)[C@H](O)[C@@H](C)C(=O)O[C@@H](CC)[C@@]2(C)O. The summed E-state index contributed by atoms with van der Waals surface area (Å²) in [5, 5.41) is 40.0. The minimum Gasteiger partial charge on any atom is -0.459 e. The van der Waals surface area contributed by atoms with Crippen molar-refractivity contribution in [3.8, 4) is 0 Å². The van der Waals surface area contributed by atoms with Crippen molar-refractivity contribution in [3.63, 3.8) is 0 Å². The number of hydrogen-bond acceptors (Lipinski definition) is 13. The zero-order chi connectivity index (χ0) is 36.1. The molecule has 0 spiro atoms. The lowest BCUT2D eigenvalue weighted by atomic mass is 9.73. The molecule has 0 aromatic heterocycles. The number of nitrogens with zero attached hydrogens (tertiary/aromatic N) is 2. The van der Waals surface area contributed by atoms with E-state index in [4.69, 9.17) is 33.3 Å². The normalized spacial score (nSPS) is 44.9. The van der Waals surface area contributed by atoms with Gasteiger partial charge in [-0.1, -0.05) is 39.4 Å². The molecule has 14 atom stereocenters. The summed E-state index contributed by atoms with van der Waals surface area (Å²) in [6, 6.07) is -0.239. The number of hydrogen-bond donors (Lipinski definition) is 3. The van der Waals surface area contributed by atoms with Crippen LogP contribution in [0.15, 0.2) is 17.3 Å². The lowest BCUT2D eigenvalue weighted by molar-refractivity contribution is -0.302. The average Bonchev–Trinajstić information content (AvgIpc) is 3.03. The van der Waals surface area contributed by atoms with Crippen molar-refractivity contribution in [1.29, 1.82) is 0 Å². The number of likely N-dealkylation sites (N-methyl/N-ethyl adjacent to an activating group) is 1. The topological polar surface area (TPSA) is 158 Å². The van der Waals surface area contributed by atoms with Crippen LogP contribution in [-0.4, -0.2) is 133 Å². The highest BCUT2D eigenvalue weighted by atomic mass is 16.7. The summed E-state index contributed by atoms with van der Waals surface area (Å²) in [7, 11) is 5.29. The van der Waals surface area contributed by atoms with Crippen LogP contribution in [0.2, 0.25) is 0 Å². The summed E-state index contributed by atoms with van der Waals surface area (Å²) >= 11 is 0. The van der Waals surface area contributed by atoms with E-state index in [0.29, 0.717) is 24.1 Å². The van der Waals surface area contributed by atoms with Crippen LogP contribution in [-0.2, 0) is 38.1 Å². The molecule has 278 valence electrons. The molecule has 48 heavy (non-hydrogen) atoms. The predicted octanol–water partition coefficient (Wildman–Crippen LogP) is 2.89. The Labute approximate surface area is 286 Å². The van der Waals surface area contributed by atoms with Gasteiger partial charge in [-0.15, -0.1) is 0 Å². The van der Waals surface area contributed by atoms with E-state index in [2.05, 4.69) is 11.7 Å². The number of aliphatic hydroxyl groups is 3. The monoisotopic (exact) mass is 686 g/mol. The smallest absolute Gasteiger partial charge is 0.311 e. The lowest BCUT2D eigenvalue weighted by Crippen LogP contribution is -2.60. The Morgan fingerprint density at radius 2 is 1.73 bits per heavy atom. The molecule has 3 heterocycles. The number of ether oxygens (including phenoxy) is 6.